The molecule has 9 heteroatoms. The van der Waals surface area contributed by atoms with Gasteiger partial charge in [0.15, 0.2) is 24.1 Å². The highest BCUT2D eigenvalue weighted by atomic mass is 16.7. The van der Waals surface area contributed by atoms with E-state index < -0.39 is 18.0 Å². The number of carboxylic acid groups (broad SMARTS) is 1. The molecule has 5 rings (SSSR count). The molecule has 7 atom stereocenters. The first-order valence-electron chi connectivity index (χ1n) is 14.8. The zero-order valence-corrected chi connectivity index (χ0v) is 23.7. The molecular weight excluding hydrogens is 516 g/mol. The summed E-state index contributed by atoms with van der Waals surface area (Å²) in [5, 5.41) is 20.5. The summed E-state index contributed by atoms with van der Waals surface area (Å²) in [7, 11) is 3.29. The van der Waals surface area contributed by atoms with Crippen molar-refractivity contribution in [3.8, 4) is 11.5 Å². The van der Waals surface area contributed by atoms with Crippen LogP contribution in [0.2, 0.25) is 0 Å². The molecule has 222 valence electrons. The van der Waals surface area contributed by atoms with Gasteiger partial charge in [0.05, 0.1) is 39.0 Å². The van der Waals surface area contributed by atoms with E-state index in [-0.39, 0.29) is 43.0 Å². The van der Waals surface area contributed by atoms with Crippen LogP contribution in [0.3, 0.4) is 0 Å². The van der Waals surface area contributed by atoms with Crippen LogP contribution in [-0.4, -0.2) is 74.5 Å². The Hall–Kier alpha value is -2.17. The fraction of sp³-hybridized carbons (Fsp3) is 0.710. The molecule has 0 spiro atoms. The molecule has 1 aromatic carbocycles. The van der Waals surface area contributed by atoms with Gasteiger partial charge in [0, 0.05) is 31.5 Å². The quantitative estimate of drug-likeness (QED) is 0.383. The van der Waals surface area contributed by atoms with E-state index in [0.717, 1.165) is 51.4 Å². The highest BCUT2D eigenvalue weighted by Crippen LogP contribution is 2.41. The molecule has 7 unspecified atom stereocenters. The number of hydrogen-bond acceptors (Lipinski definition) is 8. The van der Waals surface area contributed by atoms with Crippen LogP contribution in [0.5, 0.6) is 11.5 Å². The van der Waals surface area contributed by atoms with E-state index in [1.807, 2.05) is 6.08 Å². The number of carbonyl (C=O) groups is 1. The van der Waals surface area contributed by atoms with E-state index in [0.29, 0.717) is 31.1 Å². The molecule has 2 aliphatic heterocycles. The molecule has 2 aliphatic carbocycles. The van der Waals surface area contributed by atoms with Gasteiger partial charge < -0.3 is 38.6 Å². The maximum absolute atomic E-state index is 11.7. The van der Waals surface area contributed by atoms with Crippen LogP contribution >= 0.6 is 0 Å². The number of hydrogen-bond donors (Lipinski definition) is 2. The van der Waals surface area contributed by atoms with Crippen molar-refractivity contribution in [2.75, 3.05) is 27.4 Å². The predicted octanol–water partition coefficient (Wildman–Crippen LogP) is 4.27. The van der Waals surface area contributed by atoms with Gasteiger partial charge in [-0.2, -0.15) is 0 Å². The van der Waals surface area contributed by atoms with Gasteiger partial charge in [-0.15, -0.1) is 0 Å². The minimum atomic E-state index is -0.922. The topological polar surface area (TPSA) is 113 Å². The molecule has 2 saturated heterocycles. The first-order valence-corrected chi connectivity index (χ1v) is 14.8. The van der Waals surface area contributed by atoms with Crippen molar-refractivity contribution in [3.63, 3.8) is 0 Å². The number of aliphatic hydroxyl groups excluding tert-OH is 1. The zero-order chi connectivity index (χ0) is 28.1. The van der Waals surface area contributed by atoms with Crippen molar-refractivity contribution in [3.05, 3.63) is 35.4 Å². The Morgan fingerprint density at radius 3 is 2.17 bits per heavy atom. The summed E-state index contributed by atoms with van der Waals surface area (Å²) in [5.41, 5.74) is 2.43. The summed E-state index contributed by atoms with van der Waals surface area (Å²) in [6, 6.07) is 4.10. The van der Waals surface area contributed by atoms with Crippen molar-refractivity contribution in [2.24, 2.45) is 17.8 Å². The molecule has 3 fully saturated rings. The van der Waals surface area contributed by atoms with E-state index in [1.165, 1.54) is 11.1 Å². The second-order valence-corrected chi connectivity index (χ2v) is 11.5. The lowest BCUT2D eigenvalue weighted by Crippen LogP contribution is -2.33. The van der Waals surface area contributed by atoms with Crippen molar-refractivity contribution in [1.29, 1.82) is 0 Å². The van der Waals surface area contributed by atoms with E-state index in [4.69, 9.17) is 28.4 Å². The van der Waals surface area contributed by atoms with E-state index >= 15 is 0 Å². The van der Waals surface area contributed by atoms with Gasteiger partial charge >= 0.3 is 5.97 Å². The van der Waals surface area contributed by atoms with Gasteiger partial charge in [0.25, 0.3) is 0 Å². The van der Waals surface area contributed by atoms with Crippen LogP contribution in [0.4, 0.5) is 0 Å². The van der Waals surface area contributed by atoms with Crippen LogP contribution in [-0.2, 0) is 36.6 Å². The monoisotopic (exact) mass is 560 g/mol. The summed E-state index contributed by atoms with van der Waals surface area (Å²) in [6.07, 6.45) is 9.91. The number of carboxylic acids is 1. The molecule has 0 radical (unpaired) electrons. The smallest absolute Gasteiger partial charge is 0.303 e. The maximum Gasteiger partial charge on any atom is 0.303 e. The van der Waals surface area contributed by atoms with Gasteiger partial charge in [0.1, 0.15) is 0 Å². The Kier molecular flexibility index (Phi) is 10.0. The van der Waals surface area contributed by atoms with Gasteiger partial charge in [-0.3, -0.25) is 4.79 Å². The number of aliphatic hydroxyl groups is 1. The van der Waals surface area contributed by atoms with E-state index in [9.17, 15) is 15.0 Å². The molecule has 2 heterocycles. The molecule has 1 aromatic rings. The Bertz CT molecular complexity index is 981. The summed E-state index contributed by atoms with van der Waals surface area (Å²) in [4.78, 5) is 11.7. The summed E-state index contributed by atoms with van der Waals surface area (Å²) >= 11 is 0. The fourth-order valence-electron chi connectivity index (χ4n) is 6.76. The lowest BCUT2D eigenvalue weighted by Gasteiger charge is -2.31. The molecule has 0 amide bonds. The van der Waals surface area contributed by atoms with E-state index in [2.05, 4.69) is 18.2 Å². The molecule has 9 nitrogen and oxygen atoms in total. The summed E-state index contributed by atoms with van der Waals surface area (Å²) in [5.74, 6) is -0.0329. The Balaban J connectivity index is 1.38. The third kappa shape index (κ3) is 6.99. The Labute approximate surface area is 236 Å². The molecule has 0 bridgehead atoms. The number of benzene rings is 1. The lowest BCUT2D eigenvalue weighted by molar-refractivity contribution is -0.193. The third-order valence-electron chi connectivity index (χ3n) is 8.87. The van der Waals surface area contributed by atoms with Gasteiger partial charge in [-0.25, -0.2) is 0 Å². The minimum absolute atomic E-state index is 0.118. The number of ether oxygens (including phenoxy) is 6. The Morgan fingerprint density at radius 1 is 1.00 bits per heavy atom. The number of methoxy groups -OCH3 is 2. The third-order valence-corrected chi connectivity index (χ3v) is 8.87. The SMILES string of the molecule is COc1cc2c(cc1OC)CC(C(C=CC1C(OC3CCCCO3)CC(O)C1CC(=O)O)OC1CCCCO1)C2. The number of aliphatic carboxylic acids is 1. The highest BCUT2D eigenvalue weighted by molar-refractivity contribution is 5.67. The molecule has 1 saturated carbocycles. The fourth-order valence-corrected chi connectivity index (χ4v) is 6.76. The van der Waals surface area contributed by atoms with Crippen molar-refractivity contribution >= 4 is 5.97 Å². The van der Waals surface area contributed by atoms with Crippen LogP contribution < -0.4 is 9.47 Å². The first-order chi connectivity index (χ1) is 19.4. The highest BCUT2D eigenvalue weighted by Gasteiger charge is 2.44. The predicted molar refractivity (Wildman–Crippen MR) is 146 cm³/mol. The molecule has 40 heavy (non-hydrogen) atoms. The van der Waals surface area contributed by atoms with Crippen molar-refractivity contribution in [1.82, 2.24) is 0 Å². The van der Waals surface area contributed by atoms with Crippen LogP contribution in [0.25, 0.3) is 0 Å². The van der Waals surface area contributed by atoms with Crippen LogP contribution in [0, 0.1) is 17.8 Å². The number of rotatable bonds is 11. The summed E-state index contributed by atoms with van der Waals surface area (Å²) < 4.78 is 35.8. The van der Waals surface area contributed by atoms with Gasteiger partial charge in [-0.05, 0) is 80.5 Å². The number of fused-ring (bicyclic) bond motifs is 1. The molecular formula is C31H44O9. The second-order valence-electron chi connectivity index (χ2n) is 11.5. The van der Waals surface area contributed by atoms with Gasteiger partial charge in [-0.1, -0.05) is 12.2 Å². The summed E-state index contributed by atoms with van der Waals surface area (Å²) in [6.45, 7) is 1.35. The Morgan fingerprint density at radius 2 is 1.62 bits per heavy atom. The first kappa shape index (κ1) is 29.3. The molecule has 4 aliphatic rings. The average Bonchev–Trinajstić information content (AvgIpc) is 3.50. The van der Waals surface area contributed by atoms with E-state index in [1.54, 1.807) is 14.2 Å². The van der Waals surface area contributed by atoms with Crippen molar-refractivity contribution < 1.29 is 43.4 Å². The van der Waals surface area contributed by atoms with Crippen molar-refractivity contribution in [2.45, 2.75) is 95.1 Å². The van der Waals surface area contributed by atoms with Gasteiger partial charge in [0.2, 0.25) is 0 Å². The second kappa shape index (κ2) is 13.7. The normalized spacial score (nSPS) is 31.8. The molecule has 0 aromatic heterocycles. The minimum Gasteiger partial charge on any atom is -0.493 e. The largest absolute Gasteiger partial charge is 0.493 e. The average molecular weight is 561 g/mol. The van der Waals surface area contributed by atoms with Crippen LogP contribution in [0.15, 0.2) is 24.3 Å². The lowest BCUT2D eigenvalue weighted by atomic mass is 9.88. The zero-order valence-electron chi connectivity index (χ0n) is 23.7. The van der Waals surface area contributed by atoms with Crippen LogP contribution in [0.1, 0.15) is 62.5 Å². The molecule has 2 N–H and O–H groups in total. The maximum atomic E-state index is 11.7. The standard InChI is InChI=1S/C31H44O9/c1-35-27-15-19-13-21(14-20(19)16-28(27)36-2)25(39-30-7-3-5-11-37-30)10-9-22-23(17-29(33)34)24(32)18-26(22)40-31-8-4-6-12-38-31/h9-10,15-16,21-26,30-32H,3-8,11-14,17-18H2,1-2H3,(H,33,34).